The third kappa shape index (κ3) is 2.94. The third-order valence-electron chi connectivity index (χ3n) is 2.90. The summed E-state index contributed by atoms with van der Waals surface area (Å²) in [5.74, 6) is -1.09. The van der Waals surface area contributed by atoms with Gasteiger partial charge in [0.15, 0.2) is 0 Å². The van der Waals surface area contributed by atoms with Crippen molar-refractivity contribution in [2.45, 2.75) is 26.8 Å². The number of carboxylic acids is 1. The second-order valence-corrected chi connectivity index (χ2v) is 5.38. The summed E-state index contributed by atoms with van der Waals surface area (Å²) < 4.78 is 5.44. The molecule has 0 aliphatic rings. The smallest absolute Gasteiger partial charge is 0.325 e. The predicted octanol–water partition coefficient (Wildman–Crippen LogP) is 1.60. The lowest BCUT2D eigenvalue weighted by Crippen LogP contribution is -2.38. The molecule has 0 saturated heterocycles. The van der Waals surface area contributed by atoms with Crippen LogP contribution < -0.4 is 10.1 Å². The molecule has 0 spiro atoms. The molecule has 0 aliphatic heterocycles. The highest BCUT2D eigenvalue weighted by atomic mass is 32.1. The minimum absolute atomic E-state index is 0.416. The van der Waals surface area contributed by atoms with Gasteiger partial charge in [-0.25, -0.2) is 9.97 Å². The fourth-order valence-electron chi connectivity index (χ4n) is 1.83. The number of nitrogens with zero attached hydrogens (tertiary/aromatic N) is 2. The molecule has 2 heterocycles. The summed E-state index contributed by atoms with van der Waals surface area (Å²) in [6.07, 6.45) is 1.38. The summed E-state index contributed by atoms with van der Waals surface area (Å²) in [4.78, 5) is 32.2. The van der Waals surface area contributed by atoms with Crippen LogP contribution in [0.5, 0.6) is 5.88 Å². The number of hydrogen-bond donors (Lipinski definition) is 2. The average Bonchev–Trinajstić information content (AvgIpc) is 2.77. The molecule has 7 nitrogen and oxygen atoms in total. The summed E-state index contributed by atoms with van der Waals surface area (Å²) >= 11 is 1.19. The summed E-state index contributed by atoms with van der Waals surface area (Å²) in [5.41, 5.74) is 0.689. The highest BCUT2D eigenvalue weighted by molar-refractivity contribution is 7.20. The Balaban J connectivity index is 2.42. The van der Waals surface area contributed by atoms with Crippen molar-refractivity contribution in [2.24, 2.45) is 0 Å². The van der Waals surface area contributed by atoms with Gasteiger partial charge in [-0.1, -0.05) is 0 Å². The first kappa shape index (κ1) is 15.2. The van der Waals surface area contributed by atoms with Crippen LogP contribution in [-0.2, 0) is 4.79 Å². The van der Waals surface area contributed by atoms with E-state index >= 15 is 0 Å². The van der Waals surface area contributed by atoms with Gasteiger partial charge >= 0.3 is 5.97 Å². The van der Waals surface area contributed by atoms with Gasteiger partial charge in [-0.05, 0) is 26.3 Å². The topological polar surface area (TPSA) is 101 Å². The molecule has 0 bridgehead atoms. The van der Waals surface area contributed by atoms with Crippen LogP contribution in [0, 0.1) is 6.92 Å². The van der Waals surface area contributed by atoms with E-state index in [4.69, 9.17) is 9.84 Å². The van der Waals surface area contributed by atoms with E-state index in [1.165, 1.54) is 24.6 Å². The molecule has 2 aromatic rings. The first-order valence-electron chi connectivity index (χ1n) is 6.36. The molecular formula is C13H15N3O4S. The molecule has 21 heavy (non-hydrogen) atoms. The summed E-state index contributed by atoms with van der Waals surface area (Å²) in [5, 5.41) is 12.0. The number of nitrogens with one attached hydrogen (secondary N) is 1. The third-order valence-corrected chi connectivity index (χ3v) is 4.10. The number of aryl methyl sites for hydroxylation is 1. The Kier molecular flexibility index (Phi) is 4.37. The second-order valence-electron chi connectivity index (χ2n) is 4.38. The number of rotatable bonds is 5. The minimum Gasteiger partial charge on any atom is -0.480 e. The molecule has 0 radical (unpaired) electrons. The summed E-state index contributed by atoms with van der Waals surface area (Å²) in [6, 6.07) is -0.959. The van der Waals surface area contributed by atoms with Crippen LogP contribution in [0.3, 0.4) is 0 Å². The highest BCUT2D eigenvalue weighted by Gasteiger charge is 2.22. The molecule has 2 rings (SSSR count). The fraction of sp³-hybridized carbons (Fsp3) is 0.385. The zero-order chi connectivity index (χ0) is 15.6. The van der Waals surface area contributed by atoms with E-state index in [2.05, 4.69) is 15.3 Å². The van der Waals surface area contributed by atoms with Crippen LogP contribution in [0.15, 0.2) is 6.33 Å². The maximum atomic E-state index is 12.2. The highest BCUT2D eigenvalue weighted by Crippen LogP contribution is 2.34. The van der Waals surface area contributed by atoms with E-state index in [9.17, 15) is 9.59 Å². The molecule has 2 N–H and O–H groups in total. The van der Waals surface area contributed by atoms with Gasteiger partial charge in [0, 0.05) is 0 Å². The SMILES string of the molecule is CCOc1ncnc2sc(C(=O)NC(C)C(=O)O)c(C)c12. The lowest BCUT2D eigenvalue weighted by Gasteiger charge is -2.08. The Hall–Kier alpha value is -2.22. The van der Waals surface area contributed by atoms with Crippen molar-refractivity contribution in [3.05, 3.63) is 16.8 Å². The molecule has 0 aliphatic carbocycles. The van der Waals surface area contributed by atoms with E-state index in [0.717, 1.165) is 0 Å². The summed E-state index contributed by atoms with van der Waals surface area (Å²) in [7, 11) is 0. The van der Waals surface area contributed by atoms with Gasteiger partial charge in [0.05, 0.1) is 16.9 Å². The van der Waals surface area contributed by atoms with Gasteiger partial charge in [0.1, 0.15) is 17.2 Å². The Labute approximate surface area is 125 Å². The fourth-order valence-corrected chi connectivity index (χ4v) is 2.87. The van der Waals surface area contributed by atoms with E-state index < -0.39 is 17.9 Å². The van der Waals surface area contributed by atoms with E-state index in [-0.39, 0.29) is 0 Å². The molecule has 112 valence electrons. The number of aliphatic carboxylic acids is 1. The number of carboxylic acid groups (broad SMARTS) is 1. The lowest BCUT2D eigenvalue weighted by molar-refractivity contribution is -0.138. The number of amides is 1. The molecule has 2 aromatic heterocycles. The van der Waals surface area contributed by atoms with Crippen LogP contribution in [0.4, 0.5) is 0 Å². The molecular weight excluding hydrogens is 294 g/mol. The van der Waals surface area contributed by atoms with Gasteiger partial charge in [-0.3, -0.25) is 9.59 Å². The molecule has 1 amide bonds. The molecule has 1 unspecified atom stereocenters. The van der Waals surface area contributed by atoms with Crippen molar-refractivity contribution in [2.75, 3.05) is 6.61 Å². The number of aromatic nitrogens is 2. The van der Waals surface area contributed by atoms with Crippen molar-refractivity contribution in [3.63, 3.8) is 0 Å². The standard InChI is InChI=1S/C13H15N3O4S/c1-4-20-11-8-6(2)9(21-12(8)15-5-14-11)10(17)16-7(3)13(18)19/h5,7H,4H2,1-3H3,(H,16,17)(H,18,19). The zero-order valence-electron chi connectivity index (χ0n) is 11.8. The minimum atomic E-state index is -1.09. The first-order chi connectivity index (χ1) is 9.95. The number of carbonyl (C=O) groups is 2. The Morgan fingerprint density at radius 1 is 1.48 bits per heavy atom. The van der Waals surface area contributed by atoms with Gasteiger partial charge < -0.3 is 15.2 Å². The normalized spacial score (nSPS) is 12.1. The van der Waals surface area contributed by atoms with Gasteiger partial charge in [0.2, 0.25) is 5.88 Å². The number of fused-ring (bicyclic) bond motifs is 1. The van der Waals surface area contributed by atoms with E-state index in [1.807, 2.05) is 6.92 Å². The zero-order valence-corrected chi connectivity index (χ0v) is 12.7. The van der Waals surface area contributed by atoms with Crippen LogP contribution in [-0.4, -0.2) is 39.6 Å². The molecule has 0 saturated carbocycles. The number of hydrogen-bond acceptors (Lipinski definition) is 6. The number of carbonyl (C=O) groups excluding carboxylic acids is 1. The van der Waals surface area contributed by atoms with E-state index in [1.54, 1.807) is 6.92 Å². The van der Waals surface area contributed by atoms with Crippen molar-refractivity contribution in [1.29, 1.82) is 0 Å². The maximum absolute atomic E-state index is 12.2. The van der Waals surface area contributed by atoms with Crippen LogP contribution in [0.1, 0.15) is 29.1 Å². The van der Waals surface area contributed by atoms with Crippen LogP contribution >= 0.6 is 11.3 Å². The average molecular weight is 309 g/mol. The molecule has 1 atom stereocenters. The monoisotopic (exact) mass is 309 g/mol. The van der Waals surface area contributed by atoms with Crippen LogP contribution in [0.25, 0.3) is 10.2 Å². The summed E-state index contributed by atoms with van der Waals surface area (Å²) in [6.45, 7) is 5.48. The van der Waals surface area contributed by atoms with Crippen molar-refractivity contribution < 1.29 is 19.4 Å². The Morgan fingerprint density at radius 2 is 2.19 bits per heavy atom. The van der Waals surface area contributed by atoms with E-state index in [0.29, 0.717) is 33.1 Å². The Bertz CT molecular complexity index is 698. The number of thiophene rings is 1. The lowest BCUT2D eigenvalue weighted by atomic mass is 10.2. The first-order valence-corrected chi connectivity index (χ1v) is 7.17. The molecule has 0 fully saturated rings. The van der Waals surface area contributed by atoms with Crippen molar-refractivity contribution in [1.82, 2.24) is 15.3 Å². The van der Waals surface area contributed by atoms with Crippen LogP contribution in [0.2, 0.25) is 0 Å². The van der Waals surface area contributed by atoms with Crippen molar-refractivity contribution >= 4 is 33.4 Å². The molecule has 8 heteroatoms. The number of ether oxygens (including phenoxy) is 1. The van der Waals surface area contributed by atoms with Crippen molar-refractivity contribution in [3.8, 4) is 5.88 Å². The second kappa shape index (κ2) is 6.04. The Morgan fingerprint density at radius 3 is 2.81 bits per heavy atom. The van der Waals surface area contributed by atoms with Gasteiger partial charge in [0.25, 0.3) is 5.91 Å². The quantitative estimate of drug-likeness (QED) is 0.870. The maximum Gasteiger partial charge on any atom is 0.325 e. The predicted molar refractivity (Wildman–Crippen MR) is 77.9 cm³/mol. The molecule has 0 aromatic carbocycles. The largest absolute Gasteiger partial charge is 0.480 e. The van der Waals surface area contributed by atoms with Gasteiger partial charge in [-0.2, -0.15) is 0 Å². The van der Waals surface area contributed by atoms with Gasteiger partial charge in [-0.15, -0.1) is 11.3 Å².